The highest BCUT2D eigenvalue weighted by atomic mass is 35.5. The van der Waals surface area contributed by atoms with Crippen LogP contribution < -0.4 is 5.32 Å². The van der Waals surface area contributed by atoms with Gasteiger partial charge in [-0.1, -0.05) is 29.8 Å². The molecule has 1 atom stereocenters. The predicted octanol–water partition coefficient (Wildman–Crippen LogP) is 1.65. The van der Waals surface area contributed by atoms with E-state index in [1.54, 1.807) is 12.1 Å². The molecule has 1 aromatic heterocycles. The lowest BCUT2D eigenvalue weighted by Gasteiger charge is -2.08. The van der Waals surface area contributed by atoms with Crippen molar-refractivity contribution in [3.8, 4) is 11.3 Å². The maximum Gasteiger partial charge on any atom is 0.269 e. The first-order valence-corrected chi connectivity index (χ1v) is 8.96. The van der Waals surface area contributed by atoms with Gasteiger partial charge in [0, 0.05) is 11.6 Å². The Morgan fingerprint density at radius 2 is 2.14 bits per heavy atom. The van der Waals surface area contributed by atoms with Crippen LogP contribution in [-0.2, 0) is 9.84 Å². The monoisotopic (exact) mass is 339 g/mol. The number of amides is 1. The van der Waals surface area contributed by atoms with Crippen LogP contribution in [0.1, 0.15) is 16.9 Å². The fourth-order valence-electron chi connectivity index (χ4n) is 2.42. The summed E-state index contributed by atoms with van der Waals surface area (Å²) in [5.74, 6) is -0.260. The second-order valence-electron chi connectivity index (χ2n) is 5.22. The first-order chi connectivity index (χ1) is 10.4. The molecule has 0 radical (unpaired) electrons. The van der Waals surface area contributed by atoms with Crippen LogP contribution in [0, 0.1) is 0 Å². The van der Waals surface area contributed by atoms with Gasteiger partial charge in [0.1, 0.15) is 5.69 Å². The van der Waals surface area contributed by atoms with E-state index in [2.05, 4.69) is 15.5 Å². The summed E-state index contributed by atoms with van der Waals surface area (Å²) < 4.78 is 22.8. The van der Waals surface area contributed by atoms with E-state index in [-0.39, 0.29) is 29.1 Å². The number of nitrogens with zero attached hydrogens (tertiary/aromatic N) is 1. The van der Waals surface area contributed by atoms with E-state index >= 15 is 0 Å². The predicted molar refractivity (Wildman–Crippen MR) is 83.6 cm³/mol. The lowest BCUT2D eigenvalue weighted by Crippen LogP contribution is -2.35. The molecule has 6 nitrogen and oxygen atoms in total. The van der Waals surface area contributed by atoms with Gasteiger partial charge in [0.2, 0.25) is 0 Å². The molecular formula is C14H14ClN3O3S. The van der Waals surface area contributed by atoms with Gasteiger partial charge in [0.05, 0.1) is 22.2 Å². The number of aromatic nitrogens is 2. The molecule has 116 valence electrons. The van der Waals surface area contributed by atoms with E-state index in [4.69, 9.17) is 11.6 Å². The van der Waals surface area contributed by atoms with Crippen LogP contribution in [0.3, 0.4) is 0 Å². The zero-order valence-electron chi connectivity index (χ0n) is 11.5. The third-order valence-electron chi connectivity index (χ3n) is 3.54. The first-order valence-electron chi connectivity index (χ1n) is 6.76. The standard InChI is InChI=1S/C14H14ClN3O3S/c15-11-4-2-1-3-10(11)12-7-13(18-17-12)14(19)16-9-5-6-22(20,21)8-9/h1-4,7,9H,5-6,8H2,(H,16,19)(H,17,18). The van der Waals surface area contributed by atoms with Gasteiger partial charge >= 0.3 is 0 Å². The number of carbonyl (C=O) groups is 1. The molecule has 2 heterocycles. The van der Waals surface area contributed by atoms with E-state index in [9.17, 15) is 13.2 Å². The molecule has 3 rings (SSSR count). The maximum absolute atomic E-state index is 12.1. The summed E-state index contributed by atoms with van der Waals surface area (Å²) >= 11 is 6.10. The molecule has 1 aliphatic rings. The number of hydrogen-bond donors (Lipinski definition) is 2. The zero-order chi connectivity index (χ0) is 15.7. The molecule has 1 unspecified atom stereocenters. The summed E-state index contributed by atoms with van der Waals surface area (Å²) in [6, 6.07) is 8.45. The number of H-pyrrole nitrogens is 1. The van der Waals surface area contributed by atoms with Crippen molar-refractivity contribution in [1.82, 2.24) is 15.5 Å². The van der Waals surface area contributed by atoms with Gasteiger partial charge < -0.3 is 5.32 Å². The van der Waals surface area contributed by atoms with Crippen LogP contribution in [0.5, 0.6) is 0 Å². The Morgan fingerprint density at radius 3 is 2.82 bits per heavy atom. The molecule has 1 fully saturated rings. The SMILES string of the molecule is O=C(NC1CCS(=O)(=O)C1)c1cc(-c2ccccc2Cl)n[nH]1. The number of hydrogen-bond acceptors (Lipinski definition) is 4. The summed E-state index contributed by atoms with van der Waals surface area (Å²) in [6.45, 7) is 0. The van der Waals surface area contributed by atoms with Gasteiger partial charge in [-0.05, 0) is 18.6 Å². The van der Waals surface area contributed by atoms with Crippen molar-refractivity contribution in [2.45, 2.75) is 12.5 Å². The summed E-state index contributed by atoms with van der Waals surface area (Å²) in [7, 11) is -3.02. The Labute approximate surface area is 132 Å². The van der Waals surface area contributed by atoms with Crippen LogP contribution >= 0.6 is 11.6 Å². The number of benzene rings is 1. The average molecular weight is 340 g/mol. The largest absolute Gasteiger partial charge is 0.347 e. The van der Waals surface area contributed by atoms with Crippen LogP contribution in [0.15, 0.2) is 30.3 Å². The molecule has 2 aromatic rings. The minimum absolute atomic E-state index is 0.00967. The van der Waals surface area contributed by atoms with E-state index < -0.39 is 9.84 Å². The second-order valence-corrected chi connectivity index (χ2v) is 7.86. The van der Waals surface area contributed by atoms with Gasteiger partial charge in [-0.25, -0.2) is 8.42 Å². The Hall–Kier alpha value is -1.86. The number of sulfone groups is 1. The Kier molecular flexibility index (Phi) is 3.92. The molecule has 8 heteroatoms. The van der Waals surface area contributed by atoms with E-state index in [1.165, 1.54) is 0 Å². The number of halogens is 1. The zero-order valence-corrected chi connectivity index (χ0v) is 13.1. The van der Waals surface area contributed by atoms with E-state index in [0.717, 1.165) is 5.56 Å². The number of rotatable bonds is 3. The third-order valence-corrected chi connectivity index (χ3v) is 5.64. The number of nitrogens with one attached hydrogen (secondary N) is 2. The molecule has 0 aliphatic carbocycles. The van der Waals surface area contributed by atoms with Crippen molar-refractivity contribution in [3.63, 3.8) is 0 Å². The van der Waals surface area contributed by atoms with Crippen LogP contribution in [0.4, 0.5) is 0 Å². The summed E-state index contributed by atoms with van der Waals surface area (Å²) in [6.07, 6.45) is 0.444. The normalized spacial score (nSPS) is 20.0. The Balaban J connectivity index is 1.74. The summed E-state index contributed by atoms with van der Waals surface area (Å²) in [5.41, 5.74) is 1.57. The maximum atomic E-state index is 12.1. The van der Waals surface area contributed by atoms with Crippen LogP contribution in [-0.4, -0.2) is 42.1 Å². The molecule has 0 spiro atoms. The van der Waals surface area contributed by atoms with Gasteiger partial charge in [-0.15, -0.1) is 0 Å². The van der Waals surface area contributed by atoms with Gasteiger partial charge in [-0.3, -0.25) is 9.89 Å². The summed E-state index contributed by atoms with van der Waals surface area (Å²) in [4.78, 5) is 12.1. The van der Waals surface area contributed by atoms with Crippen molar-refractivity contribution in [2.24, 2.45) is 0 Å². The molecule has 1 aliphatic heterocycles. The Morgan fingerprint density at radius 1 is 1.36 bits per heavy atom. The number of carbonyl (C=O) groups excluding carboxylic acids is 1. The molecule has 0 saturated carbocycles. The molecule has 0 bridgehead atoms. The lowest BCUT2D eigenvalue weighted by atomic mass is 10.1. The highest BCUT2D eigenvalue weighted by Crippen LogP contribution is 2.26. The van der Waals surface area contributed by atoms with E-state index in [0.29, 0.717) is 17.1 Å². The van der Waals surface area contributed by atoms with Crippen molar-refractivity contribution < 1.29 is 13.2 Å². The van der Waals surface area contributed by atoms with Crippen LogP contribution in [0.2, 0.25) is 5.02 Å². The topological polar surface area (TPSA) is 91.9 Å². The lowest BCUT2D eigenvalue weighted by molar-refractivity contribution is 0.0936. The summed E-state index contributed by atoms with van der Waals surface area (Å²) in [5, 5.41) is 9.99. The molecule has 1 aromatic carbocycles. The fraction of sp³-hybridized carbons (Fsp3) is 0.286. The third kappa shape index (κ3) is 3.15. The van der Waals surface area contributed by atoms with Gasteiger partial charge in [0.25, 0.3) is 5.91 Å². The van der Waals surface area contributed by atoms with Crippen LogP contribution in [0.25, 0.3) is 11.3 Å². The van der Waals surface area contributed by atoms with Gasteiger partial charge in [0.15, 0.2) is 9.84 Å². The smallest absolute Gasteiger partial charge is 0.269 e. The van der Waals surface area contributed by atoms with Gasteiger partial charge in [-0.2, -0.15) is 5.10 Å². The minimum Gasteiger partial charge on any atom is -0.347 e. The quantitative estimate of drug-likeness (QED) is 0.889. The number of aromatic amines is 1. The average Bonchev–Trinajstić information content (AvgIpc) is 3.06. The fourth-order valence-corrected chi connectivity index (χ4v) is 4.32. The van der Waals surface area contributed by atoms with E-state index in [1.807, 2.05) is 18.2 Å². The minimum atomic E-state index is -3.02. The molecule has 2 N–H and O–H groups in total. The second kappa shape index (κ2) is 5.73. The molecule has 22 heavy (non-hydrogen) atoms. The Bertz CT molecular complexity index is 816. The van der Waals surface area contributed by atoms with Crippen molar-refractivity contribution >= 4 is 27.3 Å². The first kappa shape index (κ1) is 15.1. The highest BCUT2D eigenvalue weighted by Gasteiger charge is 2.29. The molecule has 1 amide bonds. The van der Waals surface area contributed by atoms with Crippen molar-refractivity contribution in [2.75, 3.05) is 11.5 Å². The van der Waals surface area contributed by atoms with Crippen molar-refractivity contribution in [3.05, 3.63) is 41.0 Å². The highest BCUT2D eigenvalue weighted by molar-refractivity contribution is 7.91. The van der Waals surface area contributed by atoms with Crippen molar-refractivity contribution in [1.29, 1.82) is 0 Å². The molecular weight excluding hydrogens is 326 g/mol. The molecule has 1 saturated heterocycles.